The van der Waals surface area contributed by atoms with Gasteiger partial charge in [-0.3, -0.25) is 9.69 Å². The van der Waals surface area contributed by atoms with E-state index in [1.165, 1.54) is 32.7 Å². The predicted octanol–water partition coefficient (Wildman–Crippen LogP) is 2.67. The molecule has 0 unspecified atom stereocenters. The summed E-state index contributed by atoms with van der Waals surface area (Å²) in [5.74, 6) is 1.94. The van der Waals surface area contributed by atoms with Crippen molar-refractivity contribution in [3.63, 3.8) is 0 Å². The standard InChI is InChI=1S/C19H36N2O2/c1-15(2)14-21-7-5-20(6-8-21)9-10-23-18-11-17(12-18)13-19(22)16(3)4/h15-18H,5-14H2,1-4H3. The lowest BCUT2D eigenvalue weighted by atomic mass is 9.78. The average molecular weight is 325 g/mol. The molecule has 23 heavy (non-hydrogen) atoms. The van der Waals surface area contributed by atoms with E-state index in [1.807, 2.05) is 13.8 Å². The van der Waals surface area contributed by atoms with Gasteiger partial charge < -0.3 is 9.64 Å². The SMILES string of the molecule is CC(C)CN1CCN(CCOC2CC(CC(=O)C(C)C)C2)CC1. The minimum absolute atomic E-state index is 0.185. The van der Waals surface area contributed by atoms with Crippen LogP contribution in [0.3, 0.4) is 0 Å². The maximum atomic E-state index is 11.7. The molecule has 0 aromatic carbocycles. The Bertz CT molecular complexity index is 356. The largest absolute Gasteiger partial charge is 0.377 e. The first kappa shape index (κ1) is 18.9. The summed E-state index contributed by atoms with van der Waals surface area (Å²) in [6, 6.07) is 0. The van der Waals surface area contributed by atoms with Crippen LogP contribution in [0.5, 0.6) is 0 Å². The molecule has 4 nitrogen and oxygen atoms in total. The lowest BCUT2D eigenvalue weighted by Crippen LogP contribution is -2.48. The first-order chi connectivity index (χ1) is 10.9. The Morgan fingerprint density at radius 1 is 1.04 bits per heavy atom. The molecule has 0 aromatic heterocycles. The second-order valence-corrected chi connectivity index (χ2v) is 8.19. The molecular formula is C19H36N2O2. The molecule has 0 amide bonds. The lowest BCUT2D eigenvalue weighted by Gasteiger charge is -2.37. The fourth-order valence-corrected chi connectivity index (χ4v) is 3.56. The maximum Gasteiger partial charge on any atom is 0.135 e. The van der Waals surface area contributed by atoms with E-state index in [0.717, 1.165) is 38.3 Å². The van der Waals surface area contributed by atoms with Crippen molar-refractivity contribution in [1.82, 2.24) is 9.80 Å². The highest BCUT2D eigenvalue weighted by atomic mass is 16.5. The van der Waals surface area contributed by atoms with Gasteiger partial charge >= 0.3 is 0 Å². The highest BCUT2D eigenvalue weighted by Gasteiger charge is 2.31. The Kier molecular flexibility index (Phi) is 7.51. The van der Waals surface area contributed by atoms with E-state index in [0.29, 0.717) is 17.8 Å². The van der Waals surface area contributed by atoms with Crippen LogP contribution >= 0.6 is 0 Å². The topological polar surface area (TPSA) is 32.8 Å². The van der Waals surface area contributed by atoms with Crippen molar-refractivity contribution in [1.29, 1.82) is 0 Å². The molecule has 1 saturated heterocycles. The summed E-state index contributed by atoms with van der Waals surface area (Å²) in [5.41, 5.74) is 0. The number of carbonyl (C=O) groups excluding carboxylic acids is 1. The molecule has 0 N–H and O–H groups in total. The zero-order valence-electron chi connectivity index (χ0n) is 15.6. The molecule has 1 aliphatic heterocycles. The van der Waals surface area contributed by atoms with Crippen LogP contribution in [0, 0.1) is 17.8 Å². The van der Waals surface area contributed by atoms with E-state index < -0.39 is 0 Å². The van der Waals surface area contributed by atoms with Crippen molar-refractivity contribution in [3.05, 3.63) is 0 Å². The quantitative estimate of drug-likeness (QED) is 0.653. The van der Waals surface area contributed by atoms with Crippen LogP contribution in [-0.4, -0.2) is 67.6 Å². The van der Waals surface area contributed by atoms with Crippen molar-refractivity contribution in [3.8, 4) is 0 Å². The number of nitrogens with zero attached hydrogens (tertiary/aromatic N) is 2. The van der Waals surface area contributed by atoms with Crippen LogP contribution in [-0.2, 0) is 9.53 Å². The number of hydrogen-bond acceptors (Lipinski definition) is 4. The van der Waals surface area contributed by atoms with Gasteiger partial charge in [-0.1, -0.05) is 27.7 Å². The summed E-state index contributed by atoms with van der Waals surface area (Å²) in [6.45, 7) is 16.4. The summed E-state index contributed by atoms with van der Waals surface area (Å²) < 4.78 is 5.98. The van der Waals surface area contributed by atoms with Crippen molar-refractivity contribution in [2.24, 2.45) is 17.8 Å². The molecular weight excluding hydrogens is 288 g/mol. The van der Waals surface area contributed by atoms with E-state index in [2.05, 4.69) is 23.6 Å². The summed E-state index contributed by atoms with van der Waals surface area (Å²) in [6.07, 6.45) is 3.33. The van der Waals surface area contributed by atoms with Gasteiger partial charge in [0, 0.05) is 51.6 Å². The molecule has 0 bridgehead atoms. The summed E-state index contributed by atoms with van der Waals surface area (Å²) in [7, 11) is 0. The molecule has 2 fully saturated rings. The number of ether oxygens (including phenoxy) is 1. The average Bonchev–Trinajstić information content (AvgIpc) is 2.45. The van der Waals surface area contributed by atoms with Crippen LogP contribution in [0.25, 0.3) is 0 Å². The van der Waals surface area contributed by atoms with Gasteiger partial charge in [0.25, 0.3) is 0 Å². The molecule has 1 aliphatic carbocycles. The minimum atomic E-state index is 0.185. The summed E-state index contributed by atoms with van der Waals surface area (Å²) in [4.78, 5) is 16.8. The number of piperazine rings is 1. The van der Waals surface area contributed by atoms with E-state index in [4.69, 9.17) is 4.74 Å². The highest BCUT2D eigenvalue weighted by molar-refractivity contribution is 5.80. The van der Waals surface area contributed by atoms with Crippen molar-refractivity contribution in [2.45, 2.75) is 53.1 Å². The minimum Gasteiger partial charge on any atom is -0.377 e. The molecule has 0 aromatic rings. The van der Waals surface area contributed by atoms with Gasteiger partial charge in [0.1, 0.15) is 5.78 Å². The van der Waals surface area contributed by atoms with Gasteiger partial charge in [-0.2, -0.15) is 0 Å². The second kappa shape index (κ2) is 9.14. The summed E-state index contributed by atoms with van der Waals surface area (Å²) in [5, 5.41) is 0. The number of hydrogen-bond donors (Lipinski definition) is 0. The summed E-state index contributed by atoms with van der Waals surface area (Å²) >= 11 is 0. The van der Waals surface area contributed by atoms with Crippen molar-refractivity contribution >= 4 is 5.78 Å². The van der Waals surface area contributed by atoms with Gasteiger partial charge in [0.05, 0.1) is 12.7 Å². The Morgan fingerprint density at radius 3 is 2.22 bits per heavy atom. The molecule has 134 valence electrons. The molecule has 0 atom stereocenters. The molecule has 2 rings (SSSR count). The molecule has 0 spiro atoms. The molecule has 4 heteroatoms. The van der Waals surface area contributed by atoms with Gasteiger partial charge in [-0.15, -0.1) is 0 Å². The Balaban J connectivity index is 1.49. The van der Waals surface area contributed by atoms with Gasteiger partial charge in [0.2, 0.25) is 0 Å². The molecule has 1 heterocycles. The van der Waals surface area contributed by atoms with Crippen molar-refractivity contribution < 1.29 is 9.53 Å². The number of rotatable bonds is 9. The predicted molar refractivity (Wildman–Crippen MR) is 94.6 cm³/mol. The lowest BCUT2D eigenvalue weighted by molar-refractivity contribution is -0.125. The maximum absolute atomic E-state index is 11.7. The highest BCUT2D eigenvalue weighted by Crippen LogP contribution is 2.33. The van der Waals surface area contributed by atoms with E-state index in [9.17, 15) is 4.79 Å². The number of carbonyl (C=O) groups is 1. The second-order valence-electron chi connectivity index (χ2n) is 8.19. The van der Waals surface area contributed by atoms with E-state index in [1.54, 1.807) is 0 Å². The third-order valence-electron chi connectivity index (χ3n) is 5.18. The Morgan fingerprint density at radius 2 is 1.65 bits per heavy atom. The molecule has 2 aliphatic rings. The zero-order chi connectivity index (χ0) is 16.8. The molecule has 1 saturated carbocycles. The van der Waals surface area contributed by atoms with Crippen LogP contribution in [0.15, 0.2) is 0 Å². The van der Waals surface area contributed by atoms with Gasteiger partial charge in [0.15, 0.2) is 0 Å². The fourth-order valence-electron chi connectivity index (χ4n) is 3.56. The smallest absolute Gasteiger partial charge is 0.135 e. The first-order valence-electron chi connectivity index (χ1n) is 9.53. The first-order valence-corrected chi connectivity index (χ1v) is 9.53. The zero-order valence-corrected chi connectivity index (χ0v) is 15.6. The Labute approximate surface area is 142 Å². The van der Waals surface area contributed by atoms with Crippen LogP contribution < -0.4 is 0 Å². The number of ketones is 1. The van der Waals surface area contributed by atoms with Crippen LogP contribution in [0.4, 0.5) is 0 Å². The van der Waals surface area contributed by atoms with E-state index in [-0.39, 0.29) is 5.92 Å². The number of Topliss-reactive ketones (excluding diaryl/α,β-unsaturated/α-hetero) is 1. The fraction of sp³-hybridized carbons (Fsp3) is 0.947. The third-order valence-corrected chi connectivity index (χ3v) is 5.18. The van der Waals surface area contributed by atoms with Gasteiger partial charge in [-0.25, -0.2) is 0 Å². The van der Waals surface area contributed by atoms with E-state index >= 15 is 0 Å². The van der Waals surface area contributed by atoms with Gasteiger partial charge in [-0.05, 0) is 24.7 Å². The van der Waals surface area contributed by atoms with Crippen LogP contribution in [0.1, 0.15) is 47.0 Å². The Hall–Kier alpha value is -0.450. The normalized spacial score (nSPS) is 26.7. The molecule has 0 radical (unpaired) electrons. The third kappa shape index (κ3) is 6.52. The monoisotopic (exact) mass is 324 g/mol. The van der Waals surface area contributed by atoms with Crippen molar-refractivity contribution in [2.75, 3.05) is 45.9 Å². The van der Waals surface area contributed by atoms with Crippen LogP contribution in [0.2, 0.25) is 0 Å².